The predicted octanol–water partition coefficient (Wildman–Crippen LogP) is 5.04. The van der Waals surface area contributed by atoms with E-state index < -0.39 is 0 Å². The van der Waals surface area contributed by atoms with Gasteiger partial charge in [0.2, 0.25) is 0 Å². The highest BCUT2D eigenvalue weighted by Gasteiger charge is 2.18. The highest BCUT2D eigenvalue weighted by atomic mass is 35.5. The van der Waals surface area contributed by atoms with Crippen molar-refractivity contribution in [3.63, 3.8) is 0 Å². The normalized spacial score (nSPS) is 10.8. The molecule has 3 rings (SSSR count). The summed E-state index contributed by atoms with van der Waals surface area (Å²) < 4.78 is 18.7. The number of halogens is 3. The summed E-state index contributed by atoms with van der Waals surface area (Å²) in [6.45, 7) is 0. The van der Waals surface area contributed by atoms with E-state index in [1.54, 1.807) is 30.3 Å². The number of hydrogen-bond acceptors (Lipinski definition) is 3. The van der Waals surface area contributed by atoms with Gasteiger partial charge in [0.1, 0.15) is 5.82 Å². The van der Waals surface area contributed by atoms with Crippen LogP contribution in [0.4, 0.5) is 10.2 Å². The molecule has 1 aromatic heterocycles. The van der Waals surface area contributed by atoms with E-state index in [1.165, 1.54) is 12.1 Å². The van der Waals surface area contributed by atoms with E-state index in [1.807, 2.05) is 0 Å². The molecule has 2 aromatic carbocycles. The monoisotopic (exact) mass is 322 g/mol. The maximum absolute atomic E-state index is 13.4. The van der Waals surface area contributed by atoms with Crippen LogP contribution in [0.5, 0.6) is 0 Å². The zero-order valence-electron chi connectivity index (χ0n) is 10.6. The molecule has 0 spiro atoms. The number of nitrogens with two attached hydrogens (primary N) is 1. The lowest BCUT2D eigenvalue weighted by molar-refractivity contribution is 0.436. The first-order chi connectivity index (χ1) is 10.0. The lowest BCUT2D eigenvalue weighted by Gasteiger charge is -2.04. The van der Waals surface area contributed by atoms with Gasteiger partial charge in [0.25, 0.3) is 0 Å². The lowest BCUT2D eigenvalue weighted by atomic mass is 10.0. The third-order valence-corrected chi connectivity index (χ3v) is 3.39. The summed E-state index contributed by atoms with van der Waals surface area (Å²) in [5.41, 5.74) is 7.54. The van der Waals surface area contributed by atoms with Crippen molar-refractivity contribution in [3.8, 4) is 22.5 Å². The van der Waals surface area contributed by atoms with Crippen LogP contribution >= 0.6 is 23.2 Å². The van der Waals surface area contributed by atoms with Crippen LogP contribution in [0.2, 0.25) is 10.0 Å². The standard InChI is InChI=1S/C15H9Cl2FN2O/c16-10-4-9(5-11(17)7-10)14-13(15(19)20-21-14)8-2-1-3-12(18)6-8/h1-7H,(H2,19,20). The van der Waals surface area contributed by atoms with Crippen LogP contribution in [0.3, 0.4) is 0 Å². The van der Waals surface area contributed by atoms with Crippen molar-refractivity contribution in [1.82, 2.24) is 5.16 Å². The van der Waals surface area contributed by atoms with Crippen molar-refractivity contribution in [3.05, 3.63) is 58.3 Å². The fraction of sp³-hybridized carbons (Fsp3) is 0. The van der Waals surface area contributed by atoms with E-state index in [4.69, 9.17) is 33.5 Å². The second-order valence-electron chi connectivity index (χ2n) is 4.44. The van der Waals surface area contributed by atoms with Gasteiger partial charge in [0.15, 0.2) is 11.6 Å². The number of hydrogen-bond donors (Lipinski definition) is 1. The number of aromatic nitrogens is 1. The largest absolute Gasteiger partial charge is 0.380 e. The lowest BCUT2D eigenvalue weighted by Crippen LogP contribution is -1.89. The van der Waals surface area contributed by atoms with Gasteiger partial charge in [-0.3, -0.25) is 0 Å². The van der Waals surface area contributed by atoms with Crippen LogP contribution in [0.25, 0.3) is 22.5 Å². The molecule has 0 unspecified atom stereocenters. The van der Waals surface area contributed by atoms with E-state index in [-0.39, 0.29) is 11.6 Å². The summed E-state index contributed by atoms with van der Waals surface area (Å²) in [5, 5.41) is 4.66. The van der Waals surface area contributed by atoms with Gasteiger partial charge in [-0.15, -0.1) is 0 Å². The Hall–Kier alpha value is -2.04. The fourth-order valence-electron chi connectivity index (χ4n) is 2.11. The zero-order valence-corrected chi connectivity index (χ0v) is 12.1. The van der Waals surface area contributed by atoms with Crippen molar-refractivity contribution in [2.24, 2.45) is 0 Å². The maximum Gasteiger partial charge on any atom is 0.177 e. The fourth-order valence-corrected chi connectivity index (χ4v) is 2.63. The molecule has 3 nitrogen and oxygen atoms in total. The molecular formula is C15H9Cl2FN2O. The third kappa shape index (κ3) is 2.73. The molecule has 0 saturated heterocycles. The number of nitrogen functional groups attached to an aromatic ring is 1. The van der Waals surface area contributed by atoms with E-state index in [0.717, 1.165) is 0 Å². The first-order valence-corrected chi connectivity index (χ1v) is 6.78. The average molecular weight is 323 g/mol. The summed E-state index contributed by atoms with van der Waals surface area (Å²) in [6.07, 6.45) is 0. The Balaban J connectivity index is 2.21. The molecule has 106 valence electrons. The summed E-state index contributed by atoms with van der Waals surface area (Å²) in [4.78, 5) is 0. The van der Waals surface area contributed by atoms with Gasteiger partial charge in [0, 0.05) is 15.6 Å². The molecule has 1 heterocycles. The maximum atomic E-state index is 13.4. The van der Waals surface area contributed by atoms with Gasteiger partial charge >= 0.3 is 0 Å². The van der Waals surface area contributed by atoms with Gasteiger partial charge < -0.3 is 10.3 Å². The first-order valence-electron chi connectivity index (χ1n) is 6.02. The Morgan fingerprint density at radius 1 is 1.00 bits per heavy atom. The molecule has 0 aliphatic carbocycles. The number of rotatable bonds is 2. The van der Waals surface area contributed by atoms with Crippen molar-refractivity contribution >= 4 is 29.0 Å². The minimum atomic E-state index is -0.372. The van der Waals surface area contributed by atoms with Crippen LogP contribution in [0.15, 0.2) is 47.0 Å². The number of benzene rings is 2. The molecule has 0 fully saturated rings. The zero-order chi connectivity index (χ0) is 15.0. The Kier molecular flexibility index (Phi) is 3.57. The van der Waals surface area contributed by atoms with Gasteiger partial charge in [-0.05, 0) is 35.9 Å². The van der Waals surface area contributed by atoms with E-state index in [2.05, 4.69) is 5.16 Å². The van der Waals surface area contributed by atoms with Crippen molar-refractivity contribution in [2.45, 2.75) is 0 Å². The number of nitrogens with zero attached hydrogens (tertiary/aromatic N) is 1. The molecule has 3 aromatic rings. The topological polar surface area (TPSA) is 52.0 Å². The molecule has 0 saturated carbocycles. The van der Waals surface area contributed by atoms with Gasteiger partial charge in [-0.2, -0.15) is 0 Å². The van der Waals surface area contributed by atoms with E-state index >= 15 is 0 Å². The smallest absolute Gasteiger partial charge is 0.177 e. The van der Waals surface area contributed by atoms with Crippen LogP contribution < -0.4 is 5.73 Å². The van der Waals surface area contributed by atoms with Crippen molar-refractivity contribution in [1.29, 1.82) is 0 Å². The van der Waals surface area contributed by atoms with Crippen LogP contribution in [-0.4, -0.2) is 5.16 Å². The quantitative estimate of drug-likeness (QED) is 0.719. The molecule has 6 heteroatoms. The molecular weight excluding hydrogens is 314 g/mol. The van der Waals surface area contributed by atoms with Gasteiger partial charge in [0.05, 0.1) is 5.56 Å². The summed E-state index contributed by atoms with van der Waals surface area (Å²) in [7, 11) is 0. The van der Waals surface area contributed by atoms with E-state index in [9.17, 15) is 4.39 Å². The molecule has 0 radical (unpaired) electrons. The van der Waals surface area contributed by atoms with Crippen molar-refractivity contribution in [2.75, 3.05) is 5.73 Å². The van der Waals surface area contributed by atoms with Crippen LogP contribution in [0, 0.1) is 5.82 Å². The summed E-state index contributed by atoms with van der Waals surface area (Å²) in [6, 6.07) is 11.0. The molecule has 0 bridgehead atoms. The minimum absolute atomic E-state index is 0.173. The molecule has 0 amide bonds. The third-order valence-electron chi connectivity index (χ3n) is 2.96. The summed E-state index contributed by atoms with van der Waals surface area (Å²) in [5.74, 6) is 0.192. The highest BCUT2D eigenvalue weighted by Crippen LogP contribution is 2.38. The Bertz CT molecular complexity index is 797. The minimum Gasteiger partial charge on any atom is -0.380 e. The molecule has 0 atom stereocenters. The molecule has 0 aliphatic heterocycles. The Labute approximate surface area is 130 Å². The first kappa shape index (κ1) is 13.9. The van der Waals surface area contributed by atoms with Gasteiger partial charge in [-0.25, -0.2) is 4.39 Å². The highest BCUT2D eigenvalue weighted by molar-refractivity contribution is 6.35. The molecule has 21 heavy (non-hydrogen) atoms. The summed E-state index contributed by atoms with van der Waals surface area (Å²) >= 11 is 12.0. The number of anilines is 1. The van der Waals surface area contributed by atoms with Crippen LogP contribution in [-0.2, 0) is 0 Å². The van der Waals surface area contributed by atoms with E-state index in [0.29, 0.717) is 32.5 Å². The Morgan fingerprint density at radius 3 is 2.38 bits per heavy atom. The molecule has 0 aliphatic rings. The van der Waals surface area contributed by atoms with Gasteiger partial charge in [-0.1, -0.05) is 40.5 Å². The average Bonchev–Trinajstić information content (AvgIpc) is 2.79. The SMILES string of the molecule is Nc1noc(-c2cc(Cl)cc(Cl)c2)c1-c1cccc(F)c1. The predicted molar refractivity (Wildman–Crippen MR) is 81.8 cm³/mol. The van der Waals surface area contributed by atoms with Crippen molar-refractivity contribution < 1.29 is 8.91 Å². The van der Waals surface area contributed by atoms with Crippen LogP contribution in [0.1, 0.15) is 0 Å². The molecule has 2 N–H and O–H groups in total. The second kappa shape index (κ2) is 5.39. The second-order valence-corrected chi connectivity index (χ2v) is 5.31. The Morgan fingerprint density at radius 2 is 1.71 bits per heavy atom.